The molecule has 39 heavy (non-hydrogen) atoms. The molecular formula is C32H33NO6. The van der Waals surface area contributed by atoms with Crippen LogP contribution in [0, 0.1) is 6.92 Å². The van der Waals surface area contributed by atoms with Crippen LogP contribution in [0.5, 0.6) is 17.2 Å². The molecule has 0 aliphatic carbocycles. The molecule has 2 heterocycles. The lowest BCUT2D eigenvalue weighted by atomic mass is 9.90. The highest BCUT2D eigenvalue weighted by Gasteiger charge is 2.47. The van der Waals surface area contributed by atoms with Crippen molar-refractivity contribution >= 4 is 23.1 Å². The van der Waals surface area contributed by atoms with E-state index in [0.717, 1.165) is 28.7 Å². The highest BCUT2D eigenvalue weighted by Crippen LogP contribution is 2.45. The molecule has 7 heteroatoms. The number of carbonyl (C=O) groups is 2. The highest BCUT2D eigenvalue weighted by atomic mass is 16.6. The molecule has 1 fully saturated rings. The van der Waals surface area contributed by atoms with Crippen molar-refractivity contribution in [3.8, 4) is 17.2 Å². The Morgan fingerprint density at radius 1 is 1.03 bits per heavy atom. The Morgan fingerprint density at radius 2 is 1.72 bits per heavy atom. The van der Waals surface area contributed by atoms with Gasteiger partial charge in [0.1, 0.15) is 24.7 Å². The molecule has 0 saturated carbocycles. The Bertz CT molecular complexity index is 1470. The lowest BCUT2D eigenvalue weighted by Crippen LogP contribution is -2.29. The van der Waals surface area contributed by atoms with Crippen molar-refractivity contribution in [2.45, 2.75) is 46.1 Å². The SMILES string of the molecule is CCc1ccc(C2/C(=C(\O)c3cc(C(C)C)c(OC)cc3C)C(=O)C(=O)N2c2ccc3c(c2)OCCO3)cc1. The third kappa shape index (κ3) is 4.62. The fourth-order valence-corrected chi connectivity index (χ4v) is 5.26. The molecule has 0 radical (unpaired) electrons. The molecular weight excluding hydrogens is 494 g/mol. The number of benzene rings is 3. The topological polar surface area (TPSA) is 85.3 Å². The molecule has 0 bridgehead atoms. The van der Waals surface area contributed by atoms with Gasteiger partial charge in [-0.15, -0.1) is 0 Å². The first-order valence-corrected chi connectivity index (χ1v) is 13.2. The maximum Gasteiger partial charge on any atom is 0.300 e. The molecule has 1 unspecified atom stereocenters. The molecule has 3 aromatic carbocycles. The smallest absolute Gasteiger partial charge is 0.300 e. The minimum Gasteiger partial charge on any atom is -0.507 e. The number of carbonyl (C=O) groups excluding carboxylic acids is 2. The van der Waals surface area contributed by atoms with Gasteiger partial charge in [0.25, 0.3) is 11.7 Å². The summed E-state index contributed by atoms with van der Waals surface area (Å²) >= 11 is 0. The number of nitrogens with zero attached hydrogens (tertiary/aromatic N) is 1. The van der Waals surface area contributed by atoms with Crippen molar-refractivity contribution < 1.29 is 28.9 Å². The van der Waals surface area contributed by atoms with Gasteiger partial charge in [0.2, 0.25) is 0 Å². The van der Waals surface area contributed by atoms with Crippen LogP contribution in [0.4, 0.5) is 5.69 Å². The second kappa shape index (κ2) is 10.5. The van der Waals surface area contributed by atoms with Gasteiger partial charge in [-0.25, -0.2) is 0 Å². The maximum absolute atomic E-state index is 13.7. The summed E-state index contributed by atoms with van der Waals surface area (Å²) in [6.07, 6.45) is 0.853. The number of fused-ring (bicyclic) bond motifs is 1. The Kier molecular flexibility index (Phi) is 7.08. The quantitative estimate of drug-likeness (QED) is 0.237. The third-order valence-corrected chi connectivity index (χ3v) is 7.41. The fraction of sp³-hybridized carbons (Fsp3) is 0.312. The monoisotopic (exact) mass is 527 g/mol. The number of aliphatic hydroxyl groups is 1. The summed E-state index contributed by atoms with van der Waals surface area (Å²) in [5, 5.41) is 11.7. The van der Waals surface area contributed by atoms with E-state index in [2.05, 4.69) is 6.92 Å². The first kappa shape index (κ1) is 26.4. The van der Waals surface area contributed by atoms with Crippen molar-refractivity contribution in [1.82, 2.24) is 0 Å². The van der Waals surface area contributed by atoms with Crippen molar-refractivity contribution in [3.05, 3.63) is 88.0 Å². The van der Waals surface area contributed by atoms with Gasteiger partial charge >= 0.3 is 0 Å². The van der Waals surface area contributed by atoms with E-state index in [1.54, 1.807) is 25.3 Å². The minimum absolute atomic E-state index is 0.0436. The molecule has 1 atom stereocenters. The van der Waals surface area contributed by atoms with Gasteiger partial charge in [0.05, 0.1) is 18.7 Å². The van der Waals surface area contributed by atoms with Crippen LogP contribution in [-0.2, 0) is 16.0 Å². The minimum atomic E-state index is -0.831. The first-order valence-electron chi connectivity index (χ1n) is 13.2. The molecule has 1 saturated heterocycles. The van der Waals surface area contributed by atoms with Crippen LogP contribution in [0.2, 0.25) is 0 Å². The Morgan fingerprint density at radius 3 is 2.36 bits per heavy atom. The predicted molar refractivity (Wildman–Crippen MR) is 150 cm³/mol. The average molecular weight is 528 g/mol. The van der Waals surface area contributed by atoms with Gasteiger partial charge in [0, 0.05) is 17.3 Å². The predicted octanol–water partition coefficient (Wildman–Crippen LogP) is 6.09. The zero-order valence-electron chi connectivity index (χ0n) is 22.9. The van der Waals surface area contributed by atoms with Gasteiger partial charge in [-0.1, -0.05) is 45.0 Å². The number of ether oxygens (including phenoxy) is 3. The Balaban J connectivity index is 1.72. The lowest BCUT2D eigenvalue weighted by molar-refractivity contribution is -0.132. The van der Waals surface area contributed by atoms with E-state index >= 15 is 0 Å². The lowest BCUT2D eigenvalue weighted by Gasteiger charge is -2.27. The van der Waals surface area contributed by atoms with E-state index in [4.69, 9.17) is 14.2 Å². The Hall–Kier alpha value is -4.26. The molecule has 2 aliphatic heterocycles. The van der Waals surface area contributed by atoms with Gasteiger partial charge in [-0.05, 0) is 65.8 Å². The number of anilines is 1. The normalized spacial score (nSPS) is 18.1. The van der Waals surface area contributed by atoms with Gasteiger partial charge in [0.15, 0.2) is 11.5 Å². The van der Waals surface area contributed by atoms with Crippen LogP contribution in [0.25, 0.3) is 5.76 Å². The summed E-state index contributed by atoms with van der Waals surface area (Å²) in [5.74, 6) is 0.252. The third-order valence-electron chi connectivity index (χ3n) is 7.41. The number of hydrogen-bond acceptors (Lipinski definition) is 6. The van der Waals surface area contributed by atoms with Gasteiger partial charge in [-0.2, -0.15) is 0 Å². The number of Topliss-reactive ketones (excluding diaryl/α,β-unsaturated/α-hetero) is 1. The number of hydrogen-bond donors (Lipinski definition) is 1. The van der Waals surface area contributed by atoms with Gasteiger partial charge in [-0.3, -0.25) is 14.5 Å². The van der Waals surface area contributed by atoms with E-state index in [1.807, 2.05) is 57.2 Å². The molecule has 7 nitrogen and oxygen atoms in total. The van der Waals surface area contributed by atoms with Crippen molar-refractivity contribution in [3.63, 3.8) is 0 Å². The van der Waals surface area contributed by atoms with Crippen molar-refractivity contribution in [2.75, 3.05) is 25.2 Å². The largest absolute Gasteiger partial charge is 0.507 e. The number of aryl methyl sites for hydroxylation is 2. The van der Waals surface area contributed by atoms with E-state index in [1.165, 1.54) is 4.90 Å². The zero-order chi connectivity index (χ0) is 27.8. The summed E-state index contributed by atoms with van der Waals surface area (Å²) in [6.45, 7) is 8.82. The second-order valence-electron chi connectivity index (χ2n) is 10.2. The standard InChI is InChI=1S/C32H33NO6/c1-6-20-7-9-21(10-8-20)29-28(30(34)24-17-23(18(2)3)26(37-5)15-19(24)4)31(35)32(36)33(29)22-11-12-25-27(16-22)39-14-13-38-25/h7-12,15-18,29,34H,6,13-14H2,1-5H3/b30-28+. The number of rotatable bonds is 6. The fourth-order valence-electron chi connectivity index (χ4n) is 5.26. The zero-order valence-corrected chi connectivity index (χ0v) is 22.9. The van der Waals surface area contributed by atoms with Crippen molar-refractivity contribution in [2.24, 2.45) is 0 Å². The molecule has 202 valence electrons. The van der Waals surface area contributed by atoms with E-state index in [-0.39, 0.29) is 17.3 Å². The molecule has 2 aliphatic rings. The number of aliphatic hydroxyl groups excluding tert-OH is 1. The summed E-state index contributed by atoms with van der Waals surface area (Å²) in [7, 11) is 1.61. The van der Waals surface area contributed by atoms with E-state index in [9.17, 15) is 14.7 Å². The van der Waals surface area contributed by atoms with E-state index < -0.39 is 17.7 Å². The van der Waals surface area contributed by atoms with Crippen LogP contribution in [0.3, 0.4) is 0 Å². The number of ketones is 1. The molecule has 0 spiro atoms. The van der Waals surface area contributed by atoms with Crippen molar-refractivity contribution in [1.29, 1.82) is 0 Å². The van der Waals surface area contributed by atoms with Crippen LogP contribution >= 0.6 is 0 Å². The summed E-state index contributed by atoms with van der Waals surface area (Å²) in [5.41, 5.74) is 4.51. The van der Waals surface area contributed by atoms with Crippen LogP contribution in [-0.4, -0.2) is 37.1 Å². The van der Waals surface area contributed by atoms with E-state index in [0.29, 0.717) is 41.7 Å². The first-order chi connectivity index (χ1) is 18.7. The highest BCUT2D eigenvalue weighted by molar-refractivity contribution is 6.51. The number of methoxy groups -OCH3 is 1. The maximum atomic E-state index is 13.7. The molecule has 3 aromatic rings. The summed E-state index contributed by atoms with van der Waals surface area (Å²) < 4.78 is 17.0. The Labute approximate surface area is 228 Å². The molecule has 5 rings (SSSR count). The molecule has 1 amide bonds. The van der Waals surface area contributed by atoms with Crippen LogP contribution < -0.4 is 19.1 Å². The van der Waals surface area contributed by atoms with Crippen LogP contribution in [0.15, 0.2) is 60.2 Å². The van der Waals surface area contributed by atoms with Crippen LogP contribution in [0.1, 0.15) is 60.5 Å². The molecule has 1 N–H and O–H groups in total. The summed E-state index contributed by atoms with van der Waals surface area (Å²) in [6, 6.07) is 15.8. The average Bonchev–Trinajstić information content (AvgIpc) is 3.21. The molecule has 0 aromatic heterocycles. The van der Waals surface area contributed by atoms with Gasteiger partial charge < -0.3 is 19.3 Å². The summed E-state index contributed by atoms with van der Waals surface area (Å²) in [4.78, 5) is 28.7. The number of amides is 1. The second-order valence-corrected chi connectivity index (χ2v) is 10.2.